The van der Waals surface area contributed by atoms with Gasteiger partial charge >= 0.3 is 0 Å². The first-order chi connectivity index (χ1) is 13.3. The number of aryl methyl sites for hydroxylation is 1. The second-order valence-electron chi connectivity index (χ2n) is 7.31. The van der Waals surface area contributed by atoms with Gasteiger partial charge in [0.1, 0.15) is 19.0 Å². The van der Waals surface area contributed by atoms with Crippen LogP contribution in [0.1, 0.15) is 30.4 Å². The van der Waals surface area contributed by atoms with E-state index >= 15 is 0 Å². The van der Waals surface area contributed by atoms with Gasteiger partial charge in [0.25, 0.3) is 0 Å². The number of benzene rings is 2. The summed E-state index contributed by atoms with van der Waals surface area (Å²) in [4.78, 5) is 2.55. The lowest BCUT2D eigenvalue weighted by atomic mass is 9.90. The molecule has 2 aromatic rings. The Balaban J connectivity index is 0.00000280. The van der Waals surface area contributed by atoms with E-state index in [-0.39, 0.29) is 19.0 Å². The van der Waals surface area contributed by atoms with Gasteiger partial charge in [0.2, 0.25) is 0 Å². The van der Waals surface area contributed by atoms with Crippen molar-refractivity contribution >= 4 is 24.0 Å². The molecule has 0 spiro atoms. The van der Waals surface area contributed by atoms with Gasteiger partial charge in [0.05, 0.1) is 0 Å². The number of rotatable bonds is 9. The van der Waals surface area contributed by atoms with Crippen LogP contribution in [-0.2, 0) is 12.8 Å². The first kappa shape index (κ1) is 23.0. The largest absolute Gasteiger partial charge is 0.491 e. The Morgan fingerprint density at radius 1 is 0.964 bits per heavy atom. The third kappa shape index (κ3) is 6.95. The minimum atomic E-state index is -0.443. The van der Waals surface area contributed by atoms with Crippen molar-refractivity contribution in [2.24, 2.45) is 5.92 Å². The quantitative estimate of drug-likeness (QED) is 0.488. The van der Waals surface area contributed by atoms with E-state index in [4.69, 9.17) is 16.3 Å². The van der Waals surface area contributed by atoms with Crippen LogP contribution in [0.4, 0.5) is 4.39 Å². The van der Waals surface area contributed by atoms with Crippen molar-refractivity contribution in [1.29, 1.82) is 0 Å². The van der Waals surface area contributed by atoms with Crippen LogP contribution in [0.5, 0.6) is 5.75 Å². The summed E-state index contributed by atoms with van der Waals surface area (Å²) in [6.45, 7) is 3.10. The molecule has 0 radical (unpaired) electrons. The molecule has 0 aliphatic carbocycles. The summed E-state index contributed by atoms with van der Waals surface area (Å²) in [5.74, 6) is 1.60. The Morgan fingerprint density at radius 2 is 1.64 bits per heavy atom. The molecule has 1 fully saturated rings. The molecule has 1 aliphatic heterocycles. The molecular formula is C23H30Cl2FNO. The Kier molecular flexibility index (Phi) is 10.1. The second kappa shape index (κ2) is 12.3. The second-order valence-corrected chi connectivity index (χ2v) is 7.72. The fraction of sp³-hybridized carbons (Fsp3) is 0.478. The van der Waals surface area contributed by atoms with Crippen molar-refractivity contribution in [3.8, 4) is 5.75 Å². The van der Waals surface area contributed by atoms with Crippen molar-refractivity contribution < 1.29 is 9.13 Å². The van der Waals surface area contributed by atoms with E-state index in [9.17, 15) is 4.39 Å². The summed E-state index contributed by atoms with van der Waals surface area (Å²) >= 11 is 6.26. The van der Waals surface area contributed by atoms with E-state index in [0.29, 0.717) is 0 Å². The fourth-order valence-electron chi connectivity index (χ4n) is 3.84. The van der Waals surface area contributed by atoms with E-state index in [1.54, 1.807) is 0 Å². The minimum Gasteiger partial charge on any atom is -0.491 e. The fourth-order valence-corrected chi connectivity index (χ4v) is 4.07. The van der Waals surface area contributed by atoms with E-state index in [2.05, 4.69) is 23.1 Å². The molecule has 0 aromatic heterocycles. The van der Waals surface area contributed by atoms with Crippen molar-refractivity contribution in [3.63, 3.8) is 0 Å². The Labute approximate surface area is 179 Å². The highest BCUT2D eigenvalue weighted by atomic mass is 35.5. The van der Waals surface area contributed by atoms with Crippen LogP contribution in [0.15, 0.2) is 48.5 Å². The molecule has 1 saturated heterocycles. The molecule has 0 bridgehead atoms. The molecule has 5 heteroatoms. The summed E-state index contributed by atoms with van der Waals surface area (Å²) in [5, 5.41) is 0.876. The van der Waals surface area contributed by atoms with Gasteiger partial charge in [0.15, 0.2) is 0 Å². The van der Waals surface area contributed by atoms with Gasteiger partial charge in [-0.05, 0) is 74.4 Å². The normalized spacial score (nSPS) is 15.2. The Hall–Kier alpha value is -1.29. The summed E-state index contributed by atoms with van der Waals surface area (Å²) in [6.07, 6.45) is 5.69. The number of alkyl halides is 1. The SMILES string of the molecule is Cl.FCCOc1ccccc1CCC1CCN(CCc2ccccc2Cl)CC1. The topological polar surface area (TPSA) is 12.5 Å². The third-order valence-corrected chi connectivity index (χ3v) is 5.86. The number of piperidine rings is 1. The standard InChI is InChI=1S/C23H29ClFNO.ClH/c24-22-7-3-1-5-20(22)13-17-26-15-11-19(12-16-26)9-10-21-6-2-4-8-23(21)27-18-14-25;/h1-8,19H,9-18H2;1H. The lowest BCUT2D eigenvalue weighted by molar-refractivity contribution is 0.180. The molecule has 0 unspecified atom stereocenters. The van der Waals surface area contributed by atoms with Crippen LogP contribution in [-0.4, -0.2) is 37.8 Å². The monoisotopic (exact) mass is 425 g/mol. The number of para-hydroxylation sites is 1. The maximum absolute atomic E-state index is 12.4. The van der Waals surface area contributed by atoms with Crippen molar-refractivity contribution in [1.82, 2.24) is 4.90 Å². The molecule has 0 N–H and O–H groups in total. The molecule has 154 valence electrons. The predicted molar refractivity (Wildman–Crippen MR) is 118 cm³/mol. The number of likely N-dealkylation sites (tertiary alicyclic amines) is 1. The molecule has 2 nitrogen and oxygen atoms in total. The molecule has 2 aromatic carbocycles. The van der Waals surface area contributed by atoms with Gasteiger partial charge in [0, 0.05) is 11.6 Å². The molecule has 0 atom stereocenters. The Bertz CT molecular complexity index is 705. The highest BCUT2D eigenvalue weighted by molar-refractivity contribution is 6.31. The molecule has 3 rings (SSSR count). The first-order valence-corrected chi connectivity index (χ1v) is 10.4. The molecule has 0 amide bonds. The summed E-state index contributed by atoms with van der Waals surface area (Å²) in [6, 6.07) is 16.2. The number of ether oxygens (including phenoxy) is 1. The average molecular weight is 426 g/mol. The van der Waals surface area contributed by atoms with E-state index in [1.165, 1.54) is 30.4 Å². The number of hydrogen-bond acceptors (Lipinski definition) is 2. The average Bonchev–Trinajstić information content (AvgIpc) is 2.71. The van der Waals surface area contributed by atoms with Gasteiger partial charge in [-0.1, -0.05) is 48.0 Å². The summed E-state index contributed by atoms with van der Waals surface area (Å²) in [7, 11) is 0. The van der Waals surface area contributed by atoms with Crippen LogP contribution < -0.4 is 4.74 Å². The molecule has 1 heterocycles. The van der Waals surface area contributed by atoms with E-state index in [1.807, 2.05) is 30.3 Å². The van der Waals surface area contributed by atoms with Gasteiger partial charge in [-0.2, -0.15) is 0 Å². The smallest absolute Gasteiger partial charge is 0.123 e. The van der Waals surface area contributed by atoms with Crippen LogP contribution in [0.2, 0.25) is 5.02 Å². The van der Waals surface area contributed by atoms with Crippen molar-refractivity contribution in [2.45, 2.75) is 32.1 Å². The van der Waals surface area contributed by atoms with Crippen LogP contribution in [0.3, 0.4) is 0 Å². The number of nitrogens with zero attached hydrogens (tertiary/aromatic N) is 1. The van der Waals surface area contributed by atoms with Gasteiger partial charge in [-0.25, -0.2) is 4.39 Å². The molecular weight excluding hydrogens is 396 g/mol. The zero-order valence-electron chi connectivity index (χ0n) is 16.3. The summed E-state index contributed by atoms with van der Waals surface area (Å²) in [5.41, 5.74) is 2.44. The molecule has 28 heavy (non-hydrogen) atoms. The minimum absolute atomic E-state index is 0. The maximum atomic E-state index is 12.4. The number of hydrogen-bond donors (Lipinski definition) is 0. The van der Waals surface area contributed by atoms with Gasteiger partial charge in [-0.15, -0.1) is 12.4 Å². The lowest BCUT2D eigenvalue weighted by Gasteiger charge is -2.32. The highest BCUT2D eigenvalue weighted by Gasteiger charge is 2.19. The lowest BCUT2D eigenvalue weighted by Crippen LogP contribution is -2.35. The van der Waals surface area contributed by atoms with Crippen molar-refractivity contribution in [3.05, 3.63) is 64.7 Å². The van der Waals surface area contributed by atoms with E-state index in [0.717, 1.165) is 49.2 Å². The summed E-state index contributed by atoms with van der Waals surface area (Å²) < 4.78 is 17.9. The zero-order valence-corrected chi connectivity index (χ0v) is 17.9. The zero-order chi connectivity index (χ0) is 18.9. The van der Waals surface area contributed by atoms with E-state index < -0.39 is 6.67 Å². The van der Waals surface area contributed by atoms with Crippen molar-refractivity contribution in [2.75, 3.05) is 32.9 Å². The first-order valence-electron chi connectivity index (χ1n) is 9.98. The van der Waals surface area contributed by atoms with Crippen LogP contribution >= 0.6 is 24.0 Å². The predicted octanol–water partition coefficient (Wildman–Crippen LogP) is 6.00. The number of halogens is 3. The Morgan fingerprint density at radius 3 is 2.36 bits per heavy atom. The van der Waals surface area contributed by atoms with Gasteiger partial charge < -0.3 is 9.64 Å². The maximum Gasteiger partial charge on any atom is 0.123 e. The molecule has 0 saturated carbocycles. The van der Waals surface area contributed by atoms with Crippen LogP contribution in [0, 0.1) is 5.92 Å². The highest BCUT2D eigenvalue weighted by Crippen LogP contribution is 2.26. The van der Waals surface area contributed by atoms with Gasteiger partial charge in [-0.3, -0.25) is 0 Å². The third-order valence-electron chi connectivity index (χ3n) is 5.49. The van der Waals surface area contributed by atoms with Crippen LogP contribution in [0.25, 0.3) is 0 Å². The molecule has 1 aliphatic rings.